The summed E-state index contributed by atoms with van der Waals surface area (Å²) in [5.41, 5.74) is 6.15. The highest BCUT2D eigenvalue weighted by atomic mass is 19.1. The lowest BCUT2D eigenvalue weighted by molar-refractivity contribution is -0.123. The van der Waals surface area contributed by atoms with E-state index in [0.29, 0.717) is 11.4 Å². The van der Waals surface area contributed by atoms with Crippen LogP contribution in [0.2, 0.25) is 0 Å². The van der Waals surface area contributed by atoms with E-state index in [-0.39, 0.29) is 18.7 Å². The van der Waals surface area contributed by atoms with E-state index in [1.807, 2.05) is 0 Å². The summed E-state index contributed by atoms with van der Waals surface area (Å²) in [7, 11) is 0. The fourth-order valence-electron chi connectivity index (χ4n) is 1.68. The molecule has 0 spiro atoms. The Hall–Kier alpha value is -2.63. The van der Waals surface area contributed by atoms with Crippen LogP contribution in [0, 0.1) is 11.6 Å². The van der Waals surface area contributed by atoms with Crippen LogP contribution in [0.4, 0.5) is 14.5 Å². The van der Waals surface area contributed by atoms with Gasteiger partial charge in [0.1, 0.15) is 17.4 Å². The van der Waals surface area contributed by atoms with Crippen LogP contribution < -0.4 is 15.8 Å². The molecule has 0 atom stereocenters. The van der Waals surface area contributed by atoms with Crippen molar-refractivity contribution in [2.75, 3.05) is 12.3 Å². The zero-order chi connectivity index (χ0) is 15.2. The fourth-order valence-corrected chi connectivity index (χ4v) is 1.68. The van der Waals surface area contributed by atoms with Gasteiger partial charge in [0.15, 0.2) is 6.61 Å². The Kier molecular flexibility index (Phi) is 4.71. The van der Waals surface area contributed by atoms with Crippen molar-refractivity contribution in [3.63, 3.8) is 0 Å². The molecule has 0 fully saturated rings. The van der Waals surface area contributed by atoms with Crippen molar-refractivity contribution in [2.24, 2.45) is 0 Å². The number of halogens is 2. The molecule has 1 amide bonds. The second-order valence-corrected chi connectivity index (χ2v) is 4.34. The number of nitrogens with one attached hydrogen (secondary N) is 1. The average molecular weight is 292 g/mol. The Morgan fingerprint density at radius 2 is 1.95 bits per heavy atom. The fraction of sp³-hybridized carbons (Fsp3) is 0.133. The quantitative estimate of drug-likeness (QED) is 0.831. The molecule has 2 rings (SSSR count). The van der Waals surface area contributed by atoms with Crippen LogP contribution in [-0.4, -0.2) is 12.5 Å². The maximum atomic E-state index is 13.4. The molecule has 0 aromatic heterocycles. The highest BCUT2D eigenvalue weighted by Gasteiger charge is 2.08. The number of benzene rings is 2. The van der Waals surface area contributed by atoms with Gasteiger partial charge in [-0.05, 0) is 30.3 Å². The highest BCUT2D eigenvalue weighted by molar-refractivity contribution is 5.77. The van der Waals surface area contributed by atoms with Gasteiger partial charge in [-0.2, -0.15) is 0 Å². The lowest BCUT2D eigenvalue weighted by Crippen LogP contribution is -2.28. The summed E-state index contributed by atoms with van der Waals surface area (Å²) in [6.07, 6.45) is 0. The molecule has 3 N–H and O–H groups in total. The second-order valence-electron chi connectivity index (χ2n) is 4.34. The van der Waals surface area contributed by atoms with Crippen molar-refractivity contribution in [1.29, 1.82) is 0 Å². The van der Waals surface area contributed by atoms with E-state index in [1.165, 1.54) is 0 Å². The molecule has 110 valence electrons. The maximum absolute atomic E-state index is 13.4. The first-order valence-electron chi connectivity index (χ1n) is 6.24. The van der Waals surface area contributed by atoms with E-state index in [9.17, 15) is 13.6 Å². The number of carbonyl (C=O) groups is 1. The topological polar surface area (TPSA) is 64.3 Å². The van der Waals surface area contributed by atoms with E-state index in [1.54, 1.807) is 24.3 Å². The minimum atomic E-state index is -0.579. The van der Waals surface area contributed by atoms with Crippen LogP contribution >= 0.6 is 0 Å². The first-order valence-corrected chi connectivity index (χ1v) is 6.24. The number of anilines is 1. The first kappa shape index (κ1) is 14.8. The molecule has 0 unspecified atom stereocenters. The van der Waals surface area contributed by atoms with Gasteiger partial charge in [-0.25, -0.2) is 8.78 Å². The molecule has 0 aliphatic heterocycles. The number of amides is 1. The molecule has 21 heavy (non-hydrogen) atoms. The summed E-state index contributed by atoms with van der Waals surface area (Å²) in [6, 6.07) is 9.82. The largest absolute Gasteiger partial charge is 0.482 e. The van der Waals surface area contributed by atoms with Crippen LogP contribution in [0.25, 0.3) is 0 Å². The summed E-state index contributed by atoms with van der Waals surface area (Å²) in [5, 5.41) is 2.45. The molecule has 4 nitrogen and oxygen atoms in total. The van der Waals surface area contributed by atoms with Gasteiger partial charge < -0.3 is 15.8 Å². The zero-order valence-electron chi connectivity index (χ0n) is 11.1. The number of rotatable bonds is 5. The van der Waals surface area contributed by atoms with Gasteiger partial charge in [0.25, 0.3) is 5.91 Å². The lowest BCUT2D eigenvalue weighted by atomic mass is 10.2. The van der Waals surface area contributed by atoms with Gasteiger partial charge in [-0.15, -0.1) is 0 Å². The van der Waals surface area contributed by atoms with Crippen molar-refractivity contribution >= 4 is 11.6 Å². The molecular formula is C15H14F2N2O2. The number of nitrogen functional groups attached to an aromatic ring is 1. The third kappa shape index (κ3) is 4.17. The molecule has 0 radical (unpaired) electrons. The highest BCUT2D eigenvalue weighted by Crippen LogP contribution is 2.19. The Morgan fingerprint density at radius 1 is 1.19 bits per heavy atom. The van der Waals surface area contributed by atoms with Crippen LogP contribution in [0.15, 0.2) is 42.5 Å². The number of hydrogen-bond donors (Lipinski definition) is 2. The average Bonchev–Trinajstić information content (AvgIpc) is 2.47. The monoisotopic (exact) mass is 292 g/mol. The number of carbonyl (C=O) groups excluding carboxylic acids is 1. The van der Waals surface area contributed by atoms with Gasteiger partial charge in [-0.3, -0.25) is 4.79 Å². The van der Waals surface area contributed by atoms with Gasteiger partial charge in [-0.1, -0.05) is 12.1 Å². The summed E-state index contributed by atoms with van der Waals surface area (Å²) >= 11 is 0. The van der Waals surface area contributed by atoms with Crippen LogP contribution in [-0.2, 0) is 11.3 Å². The second kappa shape index (κ2) is 6.69. The normalized spacial score (nSPS) is 10.2. The number of hydrogen-bond acceptors (Lipinski definition) is 3. The Bertz CT molecular complexity index is 647. The smallest absolute Gasteiger partial charge is 0.258 e. The minimum absolute atomic E-state index is 0.0718. The molecule has 2 aromatic carbocycles. The predicted octanol–water partition coefficient (Wildman–Crippen LogP) is 2.24. The van der Waals surface area contributed by atoms with E-state index >= 15 is 0 Å². The van der Waals surface area contributed by atoms with Crippen molar-refractivity contribution in [3.05, 3.63) is 59.7 Å². The van der Waals surface area contributed by atoms with Crippen LogP contribution in [0.3, 0.4) is 0 Å². The minimum Gasteiger partial charge on any atom is -0.482 e. The Labute approximate surface area is 120 Å². The SMILES string of the molecule is Nc1ccccc1OCC(=O)NCc1cc(F)ccc1F. The summed E-state index contributed by atoms with van der Waals surface area (Å²) in [6.45, 7) is -0.374. The first-order chi connectivity index (χ1) is 10.1. The predicted molar refractivity (Wildman–Crippen MR) is 74.6 cm³/mol. The number of nitrogens with two attached hydrogens (primary N) is 1. The number of ether oxygens (including phenoxy) is 1. The standard InChI is InChI=1S/C15H14F2N2O2/c16-11-5-6-12(17)10(7-11)8-19-15(20)9-21-14-4-2-1-3-13(14)18/h1-7H,8-9,18H2,(H,19,20). The number of para-hydroxylation sites is 2. The Morgan fingerprint density at radius 3 is 2.71 bits per heavy atom. The van der Waals surface area contributed by atoms with Crippen molar-refractivity contribution in [3.8, 4) is 5.75 Å². The summed E-state index contributed by atoms with van der Waals surface area (Å²) in [5.74, 6) is -1.20. The molecule has 0 heterocycles. The van der Waals surface area contributed by atoms with Gasteiger partial charge in [0, 0.05) is 12.1 Å². The van der Waals surface area contributed by atoms with Gasteiger partial charge >= 0.3 is 0 Å². The molecular weight excluding hydrogens is 278 g/mol. The molecule has 2 aromatic rings. The third-order valence-corrected chi connectivity index (χ3v) is 2.76. The summed E-state index contributed by atoms with van der Waals surface area (Å²) in [4.78, 5) is 11.6. The van der Waals surface area contributed by atoms with E-state index in [0.717, 1.165) is 18.2 Å². The molecule has 0 aliphatic carbocycles. The maximum Gasteiger partial charge on any atom is 0.258 e. The molecule has 0 aliphatic rings. The third-order valence-electron chi connectivity index (χ3n) is 2.76. The molecule has 0 saturated heterocycles. The Balaban J connectivity index is 1.85. The van der Waals surface area contributed by atoms with Gasteiger partial charge in [0.2, 0.25) is 0 Å². The van der Waals surface area contributed by atoms with Crippen molar-refractivity contribution in [2.45, 2.75) is 6.54 Å². The van der Waals surface area contributed by atoms with Crippen LogP contribution in [0.1, 0.15) is 5.56 Å². The molecule has 6 heteroatoms. The van der Waals surface area contributed by atoms with Gasteiger partial charge in [0.05, 0.1) is 5.69 Å². The van der Waals surface area contributed by atoms with E-state index < -0.39 is 17.5 Å². The lowest BCUT2D eigenvalue weighted by Gasteiger charge is -2.09. The molecule has 0 saturated carbocycles. The van der Waals surface area contributed by atoms with Crippen molar-refractivity contribution in [1.82, 2.24) is 5.32 Å². The van der Waals surface area contributed by atoms with Crippen molar-refractivity contribution < 1.29 is 18.3 Å². The zero-order valence-corrected chi connectivity index (χ0v) is 11.1. The van der Waals surface area contributed by atoms with E-state index in [4.69, 9.17) is 10.5 Å². The summed E-state index contributed by atoms with van der Waals surface area (Å²) < 4.78 is 31.6. The van der Waals surface area contributed by atoms with E-state index in [2.05, 4.69) is 5.32 Å². The van der Waals surface area contributed by atoms with Crippen LogP contribution in [0.5, 0.6) is 5.75 Å². The molecule has 0 bridgehead atoms.